The quantitative estimate of drug-likeness (QED) is 0.286. The first-order valence-electron chi connectivity index (χ1n) is 9.00. The van der Waals surface area contributed by atoms with Crippen molar-refractivity contribution in [1.29, 1.82) is 5.26 Å². The number of hydrogen-bond donors (Lipinski definition) is 1. The molecule has 0 aromatic heterocycles. The molecule has 0 unspecified atom stereocenters. The van der Waals surface area contributed by atoms with Gasteiger partial charge in [0.15, 0.2) is 0 Å². The van der Waals surface area contributed by atoms with Gasteiger partial charge in [-0.05, 0) is 48.4 Å². The first kappa shape index (κ1) is 21.2. The van der Waals surface area contributed by atoms with Crippen LogP contribution in [0.15, 0.2) is 54.1 Å². The van der Waals surface area contributed by atoms with Crippen LogP contribution in [0, 0.1) is 11.3 Å². The van der Waals surface area contributed by atoms with Crippen molar-refractivity contribution >= 4 is 35.2 Å². The number of carbonyl (C=O) groups is 2. The Labute approximate surface area is 169 Å². The van der Waals surface area contributed by atoms with Crippen LogP contribution >= 0.6 is 11.6 Å². The number of anilines is 1. The molecule has 1 amide bonds. The fourth-order valence-electron chi connectivity index (χ4n) is 2.38. The Morgan fingerprint density at radius 1 is 1.14 bits per heavy atom. The van der Waals surface area contributed by atoms with Gasteiger partial charge >= 0.3 is 5.97 Å². The van der Waals surface area contributed by atoms with E-state index < -0.39 is 11.9 Å². The zero-order valence-corrected chi connectivity index (χ0v) is 16.3. The molecule has 6 heteroatoms. The van der Waals surface area contributed by atoms with Crippen molar-refractivity contribution in [1.82, 2.24) is 0 Å². The summed E-state index contributed by atoms with van der Waals surface area (Å²) in [6.45, 7) is 2.47. The summed E-state index contributed by atoms with van der Waals surface area (Å²) in [6, 6.07) is 15.1. The Bertz CT molecular complexity index is 899. The van der Waals surface area contributed by atoms with Crippen LogP contribution in [0.5, 0.6) is 0 Å². The van der Waals surface area contributed by atoms with Crippen LogP contribution < -0.4 is 5.32 Å². The summed E-state index contributed by atoms with van der Waals surface area (Å²) < 4.78 is 5.19. The molecule has 0 aliphatic rings. The summed E-state index contributed by atoms with van der Waals surface area (Å²) in [5.41, 5.74) is 1.37. The molecule has 0 atom stereocenters. The predicted molar refractivity (Wildman–Crippen MR) is 110 cm³/mol. The van der Waals surface area contributed by atoms with E-state index in [1.165, 1.54) is 6.08 Å². The normalized spacial score (nSPS) is 10.8. The summed E-state index contributed by atoms with van der Waals surface area (Å²) in [5.74, 6) is -0.956. The molecule has 5 nitrogen and oxygen atoms in total. The maximum absolute atomic E-state index is 12.3. The lowest BCUT2D eigenvalue weighted by Crippen LogP contribution is -2.13. The first-order valence-corrected chi connectivity index (χ1v) is 9.37. The number of nitrogens with zero attached hydrogens (tertiary/aromatic N) is 1. The van der Waals surface area contributed by atoms with Crippen LogP contribution in [0.4, 0.5) is 5.69 Å². The minimum atomic E-state index is -0.558. The van der Waals surface area contributed by atoms with Crippen LogP contribution in [0.2, 0.25) is 5.02 Å². The molecule has 1 N–H and O–H groups in total. The second kappa shape index (κ2) is 10.9. The predicted octanol–water partition coefficient (Wildman–Crippen LogP) is 5.23. The van der Waals surface area contributed by atoms with Gasteiger partial charge < -0.3 is 10.1 Å². The van der Waals surface area contributed by atoms with Crippen molar-refractivity contribution < 1.29 is 14.3 Å². The zero-order chi connectivity index (χ0) is 20.4. The number of amides is 1. The SMILES string of the molecule is CCCCCOC(=O)c1ccc(NC(=O)/C(C#N)=C/c2ccccc2Cl)cc1. The second-order valence-electron chi connectivity index (χ2n) is 6.07. The Morgan fingerprint density at radius 3 is 2.50 bits per heavy atom. The molecule has 0 saturated heterocycles. The van der Waals surface area contributed by atoms with Gasteiger partial charge in [0.2, 0.25) is 0 Å². The topological polar surface area (TPSA) is 79.2 Å². The number of rotatable bonds is 8. The lowest BCUT2D eigenvalue weighted by Gasteiger charge is -2.07. The average molecular weight is 397 g/mol. The molecule has 2 rings (SSSR count). The van der Waals surface area contributed by atoms with Crippen LogP contribution in [0.1, 0.15) is 42.1 Å². The van der Waals surface area contributed by atoms with Crippen LogP contribution in [0.3, 0.4) is 0 Å². The van der Waals surface area contributed by atoms with Crippen molar-refractivity contribution in [2.75, 3.05) is 11.9 Å². The second-order valence-corrected chi connectivity index (χ2v) is 6.47. The van der Waals surface area contributed by atoms with Crippen molar-refractivity contribution in [3.05, 3.63) is 70.3 Å². The number of esters is 1. The van der Waals surface area contributed by atoms with Gasteiger partial charge in [-0.3, -0.25) is 4.79 Å². The van der Waals surface area contributed by atoms with E-state index in [1.54, 1.807) is 48.5 Å². The zero-order valence-electron chi connectivity index (χ0n) is 15.6. The van der Waals surface area contributed by atoms with E-state index in [1.807, 2.05) is 6.07 Å². The number of halogens is 1. The first-order chi connectivity index (χ1) is 13.5. The summed E-state index contributed by atoms with van der Waals surface area (Å²) in [4.78, 5) is 24.3. The molecule has 0 spiro atoms. The summed E-state index contributed by atoms with van der Waals surface area (Å²) in [7, 11) is 0. The Hall–Kier alpha value is -3.10. The molecule has 0 fully saturated rings. The number of hydrogen-bond acceptors (Lipinski definition) is 4. The summed E-state index contributed by atoms with van der Waals surface area (Å²) in [6.07, 6.45) is 4.34. The van der Waals surface area contributed by atoms with E-state index in [0.29, 0.717) is 28.4 Å². The van der Waals surface area contributed by atoms with Crippen LogP contribution in [-0.2, 0) is 9.53 Å². The molecule has 0 radical (unpaired) electrons. The average Bonchev–Trinajstić information content (AvgIpc) is 2.71. The fourth-order valence-corrected chi connectivity index (χ4v) is 2.57. The molecule has 144 valence electrons. The van der Waals surface area contributed by atoms with E-state index in [-0.39, 0.29) is 5.57 Å². The van der Waals surface area contributed by atoms with E-state index in [9.17, 15) is 14.9 Å². The van der Waals surface area contributed by atoms with Crippen molar-refractivity contribution in [3.8, 4) is 6.07 Å². The monoisotopic (exact) mass is 396 g/mol. The molecule has 0 heterocycles. The van der Waals surface area contributed by atoms with Crippen molar-refractivity contribution in [2.24, 2.45) is 0 Å². The molecule has 0 saturated carbocycles. The molecular formula is C22H21ClN2O3. The highest BCUT2D eigenvalue weighted by Gasteiger charge is 2.12. The standard InChI is InChI=1S/C22H21ClN2O3/c1-2-3-6-13-28-22(27)16-9-11-19(12-10-16)25-21(26)18(15-24)14-17-7-4-5-8-20(17)23/h4-5,7-12,14H,2-3,6,13H2,1H3,(H,25,26)/b18-14+. The van der Waals surface area contributed by atoms with Gasteiger partial charge in [0.25, 0.3) is 5.91 Å². The van der Waals surface area contributed by atoms with Gasteiger partial charge in [0.1, 0.15) is 11.6 Å². The fraction of sp³-hybridized carbons (Fsp3) is 0.227. The van der Waals surface area contributed by atoms with E-state index >= 15 is 0 Å². The van der Waals surface area contributed by atoms with Gasteiger partial charge in [-0.25, -0.2) is 4.79 Å². The molecule has 2 aromatic carbocycles. The van der Waals surface area contributed by atoms with E-state index in [2.05, 4.69) is 12.2 Å². The van der Waals surface area contributed by atoms with Crippen LogP contribution in [-0.4, -0.2) is 18.5 Å². The number of carbonyl (C=O) groups excluding carboxylic acids is 2. The number of ether oxygens (including phenoxy) is 1. The van der Waals surface area contributed by atoms with Gasteiger partial charge in [-0.1, -0.05) is 49.6 Å². The molecule has 0 bridgehead atoms. The van der Waals surface area contributed by atoms with E-state index in [4.69, 9.17) is 16.3 Å². The maximum Gasteiger partial charge on any atom is 0.338 e. The molecule has 2 aromatic rings. The lowest BCUT2D eigenvalue weighted by atomic mass is 10.1. The van der Waals surface area contributed by atoms with Crippen molar-refractivity contribution in [2.45, 2.75) is 26.2 Å². The largest absolute Gasteiger partial charge is 0.462 e. The van der Waals surface area contributed by atoms with Gasteiger partial charge in [-0.2, -0.15) is 5.26 Å². The highest BCUT2D eigenvalue weighted by Crippen LogP contribution is 2.19. The van der Waals surface area contributed by atoms with Crippen LogP contribution in [0.25, 0.3) is 6.08 Å². The maximum atomic E-state index is 12.3. The Kier molecular flexibility index (Phi) is 8.26. The minimum Gasteiger partial charge on any atom is -0.462 e. The number of nitrogens with one attached hydrogen (secondary N) is 1. The molecular weight excluding hydrogens is 376 g/mol. The Morgan fingerprint density at radius 2 is 1.86 bits per heavy atom. The van der Waals surface area contributed by atoms with Gasteiger partial charge in [0.05, 0.1) is 12.2 Å². The highest BCUT2D eigenvalue weighted by atomic mass is 35.5. The smallest absolute Gasteiger partial charge is 0.338 e. The number of nitriles is 1. The van der Waals surface area contributed by atoms with Gasteiger partial charge in [-0.15, -0.1) is 0 Å². The molecule has 0 aliphatic carbocycles. The van der Waals surface area contributed by atoms with Crippen molar-refractivity contribution in [3.63, 3.8) is 0 Å². The third-order valence-corrected chi connectivity index (χ3v) is 4.27. The molecule has 0 aliphatic heterocycles. The van der Waals surface area contributed by atoms with Gasteiger partial charge in [0, 0.05) is 10.7 Å². The minimum absolute atomic E-state index is 0.0764. The third kappa shape index (κ3) is 6.26. The summed E-state index contributed by atoms with van der Waals surface area (Å²) >= 11 is 6.06. The molecule has 28 heavy (non-hydrogen) atoms. The highest BCUT2D eigenvalue weighted by molar-refractivity contribution is 6.32. The lowest BCUT2D eigenvalue weighted by molar-refractivity contribution is -0.112. The third-order valence-electron chi connectivity index (χ3n) is 3.93. The number of unbranched alkanes of at least 4 members (excludes halogenated alkanes) is 2. The van der Waals surface area contributed by atoms with E-state index in [0.717, 1.165) is 19.3 Å². The summed E-state index contributed by atoms with van der Waals surface area (Å²) in [5, 5.41) is 12.4. The Balaban J connectivity index is 2.01. The number of benzene rings is 2.